The largest absolute Gasteiger partial charge is 0.385 e. The van der Waals surface area contributed by atoms with Crippen molar-refractivity contribution >= 4 is 17.2 Å². The second-order valence-electron chi connectivity index (χ2n) is 13.1. The molecule has 0 unspecified atom stereocenters. The lowest BCUT2D eigenvalue weighted by molar-refractivity contribution is -0.121. The molecule has 2 aromatic rings. The quantitative estimate of drug-likeness (QED) is 0.193. The van der Waals surface area contributed by atoms with Crippen LogP contribution in [0, 0.1) is 0 Å². The average molecular weight is 567 g/mol. The lowest BCUT2D eigenvalue weighted by atomic mass is 9.66. The number of benzene rings is 2. The van der Waals surface area contributed by atoms with Gasteiger partial charge in [-0.3, -0.25) is 4.79 Å². The zero-order valence-electron chi connectivity index (χ0n) is 26.4. The summed E-state index contributed by atoms with van der Waals surface area (Å²) in [4.78, 5) is 17.0. The molecule has 2 aliphatic carbocycles. The summed E-state index contributed by atoms with van der Waals surface area (Å²) in [5.74, 6) is 0.285. The van der Waals surface area contributed by atoms with Crippen molar-refractivity contribution in [3.63, 3.8) is 0 Å². The van der Waals surface area contributed by atoms with E-state index in [-0.39, 0.29) is 11.2 Å². The predicted octanol–water partition coefficient (Wildman–Crippen LogP) is 10.4. The molecule has 5 rings (SSSR count). The number of allylic oxidation sites excluding steroid dienone is 4. The molecular weight excluding hydrogens is 512 g/mol. The van der Waals surface area contributed by atoms with E-state index >= 15 is 0 Å². The number of rotatable bonds is 13. The highest BCUT2D eigenvalue weighted by Gasteiger charge is 2.47. The molecule has 226 valence electrons. The first-order valence-corrected chi connectivity index (χ1v) is 17.3. The molecule has 0 saturated heterocycles. The molecule has 2 aromatic carbocycles. The number of hydrogen-bond acceptors (Lipinski definition) is 3. The number of nitrogens with zero attached hydrogens (tertiary/aromatic N) is 1. The van der Waals surface area contributed by atoms with Gasteiger partial charge in [-0.1, -0.05) is 121 Å². The maximum atomic E-state index is 14.3. The molecule has 0 radical (unpaired) electrons. The molecule has 1 spiro atoms. The first kappa shape index (κ1) is 30.6. The third-order valence-corrected chi connectivity index (χ3v) is 10.4. The number of para-hydroxylation sites is 2. The van der Waals surface area contributed by atoms with Crippen molar-refractivity contribution in [1.82, 2.24) is 0 Å². The second kappa shape index (κ2) is 14.6. The van der Waals surface area contributed by atoms with E-state index in [4.69, 9.17) is 0 Å². The van der Waals surface area contributed by atoms with Crippen LogP contribution in [0.2, 0.25) is 0 Å². The van der Waals surface area contributed by atoms with Crippen LogP contribution in [0.1, 0.15) is 128 Å². The van der Waals surface area contributed by atoms with E-state index in [0.29, 0.717) is 0 Å². The summed E-state index contributed by atoms with van der Waals surface area (Å²) in [5, 5.41) is 3.71. The van der Waals surface area contributed by atoms with Crippen LogP contribution in [0.25, 0.3) is 0 Å². The van der Waals surface area contributed by atoms with E-state index in [9.17, 15) is 4.79 Å². The van der Waals surface area contributed by atoms with Crippen molar-refractivity contribution in [3.05, 3.63) is 83.6 Å². The lowest BCUT2D eigenvalue weighted by Crippen LogP contribution is -2.37. The van der Waals surface area contributed by atoms with Crippen LogP contribution in [0.3, 0.4) is 0 Å². The summed E-state index contributed by atoms with van der Waals surface area (Å²) in [6, 6.07) is 17.8. The summed E-state index contributed by atoms with van der Waals surface area (Å²) in [7, 11) is 0. The Kier molecular flexibility index (Phi) is 10.6. The number of carbonyl (C=O) groups excluding carboxylic acids is 1. The Hall–Kier alpha value is -2.81. The Labute approximate surface area is 255 Å². The van der Waals surface area contributed by atoms with Gasteiger partial charge >= 0.3 is 0 Å². The van der Waals surface area contributed by atoms with Crippen molar-refractivity contribution in [1.29, 1.82) is 0 Å². The topological polar surface area (TPSA) is 32.3 Å². The Morgan fingerprint density at radius 3 is 2.17 bits per heavy atom. The fourth-order valence-corrected chi connectivity index (χ4v) is 8.17. The van der Waals surface area contributed by atoms with Crippen LogP contribution >= 0.6 is 0 Å². The monoisotopic (exact) mass is 566 g/mol. The number of ketones is 1. The van der Waals surface area contributed by atoms with Gasteiger partial charge in [0.05, 0.1) is 5.41 Å². The summed E-state index contributed by atoms with van der Waals surface area (Å²) < 4.78 is 0. The van der Waals surface area contributed by atoms with Gasteiger partial charge in [0.1, 0.15) is 0 Å². The highest BCUT2D eigenvalue weighted by Crippen LogP contribution is 2.55. The predicted molar refractivity (Wildman–Crippen MR) is 180 cm³/mol. The van der Waals surface area contributed by atoms with Crippen LogP contribution in [0.4, 0.5) is 11.4 Å². The standard InChI is InChI=1S/C39H54N2O/c1-3-5-17-30-40-34-22-11-9-20-32(34)39(28-15-8-16-29-39)37(42)25-19-24-36-38(26-13-7-14-27-38)33-21-10-12-23-35(33)41(36)31-18-6-4-2/h9-12,19-25,40H,3-8,13-18,26-31H2,1-2H3/b25-19+,36-24-. The molecule has 1 N–H and O–H groups in total. The van der Waals surface area contributed by atoms with Crippen LogP contribution in [-0.2, 0) is 15.6 Å². The minimum atomic E-state index is -0.427. The minimum absolute atomic E-state index is 0.0893. The smallest absolute Gasteiger partial charge is 0.166 e. The van der Waals surface area contributed by atoms with Gasteiger partial charge in [0, 0.05) is 35.6 Å². The number of unbranched alkanes of at least 4 members (excludes halogenated alkanes) is 4. The summed E-state index contributed by atoms with van der Waals surface area (Å²) in [6.45, 7) is 6.55. The Balaban J connectivity index is 1.46. The van der Waals surface area contributed by atoms with E-state index < -0.39 is 5.41 Å². The molecule has 3 aliphatic rings. The van der Waals surface area contributed by atoms with E-state index in [1.165, 1.54) is 93.1 Å². The van der Waals surface area contributed by atoms with Crippen molar-refractivity contribution in [2.24, 2.45) is 0 Å². The van der Waals surface area contributed by atoms with Gasteiger partial charge in [0.2, 0.25) is 0 Å². The molecule has 2 saturated carbocycles. The van der Waals surface area contributed by atoms with Crippen LogP contribution in [0.5, 0.6) is 0 Å². The Morgan fingerprint density at radius 2 is 1.43 bits per heavy atom. The molecule has 2 fully saturated rings. The average Bonchev–Trinajstić information content (AvgIpc) is 3.28. The molecule has 3 nitrogen and oxygen atoms in total. The van der Waals surface area contributed by atoms with Gasteiger partial charge in [-0.15, -0.1) is 0 Å². The van der Waals surface area contributed by atoms with Gasteiger partial charge in [-0.05, 0) is 73.9 Å². The Morgan fingerprint density at radius 1 is 0.786 bits per heavy atom. The van der Waals surface area contributed by atoms with E-state index in [2.05, 4.69) is 84.7 Å². The first-order valence-electron chi connectivity index (χ1n) is 17.3. The van der Waals surface area contributed by atoms with E-state index in [1.54, 1.807) is 0 Å². The normalized spacial score (nSPS) is 20.3. The maximum absolute atomic E-state index is 14.3. The molecule has 0 atom stereocenters. The fourth-order valence-electron chi connectivity index (χ4n) is 8.17. The van der Waals surface area contributed by atoms with Gasteiger partial charge in [0.25, 0.3) is 0 Å². The molecule has 3 heteroatoms. The van der Waals surface area contributed by atoms with Crippen molar-refractivity contribution in [3.8, 4) is 0 Å². The van der Waals surface area contributed by atoms with Gasteiger partial charge in [0.15, 0.2) is 5.78 Å². The SMILES string of the molecule is CCCCCNc1ccccc1C1(C(=O)/C=C/C=C2\N(CCCCC)c3ccccc3C23CCCCC3)CCCCC1. The van der Waals surface area contributed by atoms with Crippen molar-refractivity contribution < 1.29 is 4.79 Å². The molecule has 0 bridgehead atoms. The number of anilines is 2. The fraction of sp³-hybridized carbons (Fsp3) is 0.564. The van der Waals surface area contributed by atoms with E-state index in [1.807, 2.05) is 6.08 Å². The highest BCUT2D eigenvalue weighted by atomic mass is 16.1. The number of carbonyl (C=O) groups is 1. The third kappa shape index (κ3) is 6.26. The van der Waals surface area contributed by atoms with Gasteiger partial charge in [-0.2, -0.15) is 0 Å². The lowest BCUT2D eigenvalue weighted by Gasteiger charge is -2.37. The maximum Gasteiger partial charge on any atom is 0.166 e. The summed E-state index contributed by atoms with van der Waals surface area (Å²) in [6.07, 6.45) is 25.4. The third-order valence-electron chi connectivity index (χ3n) is 10.4. The van der Waals surface area contributed by atoms with Crippen LogP contribution in [0.15, 0.2) is 72.5 Å². The van der Waals surface area contributed by atoms with Crippen molar-refractivity contribution in [2.75, 3.05) is 23.3 Å². The number of hydrogen-bond donors (Lipinski definition) is 1. The molecular formula is C39H54N2O. The molecule has 42 heavy (non-hydrogen) atoms. The van der Waals surface area contributed by atoms with E-state index in [0.717, 1.165) is 50.9 Å². The van der Waals surface area contributed by atoms with Gasteiger partial charge in [-0.25, -0.2) is 0 Å². The molecule has 0 amide bonds. The van der Waals surface area contributed by atoms with Crippen LogP contribution in [-0.4, -0.2) is 18.9 Å². The molecule has 1 heterocycles. The number of nitrogens with one attached hydrogen (secondary N) is 1. The zero-order valence-corrected chi connectivity index (χ0v) is 26.4. The molecule has 1 aliphatic heterocycles. The zero-order chi connectivity index (χ0) is 29.3. The van der Waals surface area contributed by atoms with Crippen molar-refractivity contribution in [2.45, 2.75) is 127 Å². The summed E-state index contributed by atoms with van der Waals surface area (Å²) >= 11 is 0. The first-order chi connectivity index (χ1) is 20.7. The highest BCUT2D eigenvalue weighted by molar-refractivity contribution is 6.00. The number of fused-ring (bicyclic) bond motifs is 2. The minimum Gasteiger partial charge on any atom is -0.385 e. The molecule has 0 aromatic heterocycles. The second-order valence-corrected chi connectivity index (χ2v) is 13.1. The van der Waals surface area contributed by atoms with Crippen LogP contribution < -0.4 is 10.2 Å². The summed E-state index contributed by atoms with van der Waals surface area (Å²) in [5.41, 5.74) is 6.37. The Bertz CT molecular complexity index is 1230. The van der Waals surface area contributed by atoms with Gasteiger partial charge < -0.3 is 10.2 Å².